The average Bonchev–Trinajstić information content (AvgIpc) is 1.61. The van der Waals surface area contributed by atoms with Crippen LogP contribution in [0.4, 0.5) is 0 Å². The summed E-state index contributed by atoms with van der Waals surface area (Å²) >= 11 is 0. The van der Waals surface area contributed by atoms with Crippen LogP contribution in [0.15, 0.2) is 0 Å². The SMILES string of the molecule is CCCCCC.[B]. The molecule has 0 unspecified atom stereocenters. The molecule has 0 heterocycles. The summed E-state index contributed by atoms with van der Waals surface area (Å²) in [4.78, 5) is 0. The van der Waals surface area contributed by atoms with Gasteiger partial charge in [-0.25, -0.2) is 0 Å². The van der Waals surface area contributed by atoms with Crippen LogP contribution in [-0.2, 0) is 0 Å². The molecule has 0 rings (SSSR count). The van der Waals surface area contributed by atoms with E-state index in [1.807, 2.05) is 0 Å². The number of hydrogen-bond acceptors (Lipinski definition) is 0. The fourth-order valence-electron chi connectivity index (χ4n) is 0.500. The van der Waals surface area contributed by atoms with E-state index in [9.17, 15) is 0 Å². The Labute approximate surface area is 48.9 Å². The Morgan fingerprint density at radius 1 is 0.857 bits per heavy atom. The van der Waals surface area contributed by atoms with E-state index < -0.39 is 0 Å². The van der Waals surface area contributed by atoms with E-state index in [1.54, 1.807) is 0 Å². The second-order valence-corrected chi connectivity index (χ2v) is 1.71. The minimum Gasteiger partial charge on any atom is -0.0654 e. The molecule has 0 aromatic carbocycles. The molecule has 0 amide bonds. The topological polar surface area (TPSA) is 0 Å². The van der Waals surface area contributed by atoms with Crippen LogP contribution in [0, 0.1) is 0 Å². The van der Waals surface area contributed by atoms with Crippen LogP contribution in [0.5, 0.6) is 0 Å². The lowest BCUT2D eigenvalue weighted by Crippen LogP contribution is -1.66. The number of rotatable bonds is 3. The van der Waals surface area contributed by atoms with Crippen molar-refractivity contribution in [3.8, 4) is 0 Å². The molecule has 0 saturated heterocycles. The third-order valence-electron chi connectivity index (χ3n) is 0.957. The lowest BCUT2D eigenvalue weighted by Gasteiger charge is -1.86. The fourth-order valence-corrected chi connectivity index (χ4v) is 0.500. The summed E-state index contributed by atoms with van der Waals surface area (Å²) in [6.45, 7) is 4.46. The molecule has 3 radical (unpaired) electrons. The van der Waals surface area contributed by atoms with Gasteiger partial charge in [0.2, 0.25) is 0 Å². The van der Waals surface area contributed by atoms with Crippen molar-refractivity contribution in [2.45, 2.75) is 39.5 Å². The molecular formula is C6H14B. The molecule has 7 heavy (non-hydrogen) atoms. The van der Waals surface area contributed by atoms with E-state index in [4.69, 9.17) is 0 Å². The summed E-state index contributed by atoms with van der Waals surface area (Å²) in [5.74, 6) is 0. The highest BCUT2D eigenvalue weighted by molar-refractivity contribution is 5.75. The average molecular weight is 97.0 g/mol. The first kappa shape index (κ1) is 10.1. The van der Waals surface area contributed by atoms with Crippen molar-refractivity contribution in [2.24, 2.45) is 0 Å². The fraction of sp³-hybridized carbons (Fsp3) is 1.00. The van der Waals surface area contributed by atoms with Crippen molar-refractivity contribution in [1.29, 1.82) is 0 Å². The van der Waals surface area contributed by atoms with E-state index in [2.05, 4.69) is 13.8 Å². The van der Waals surface area contributed by atoms with Gasteiger partial charge in [-0.05, 0) is 0 Å². The molecule has 0 atom stereocenters. The molecule has 0 fully saturated rings. The molecular weight excluding hydrogens is 82.9 g/mol. The van der Waals surface area contributed by atoms with Crippen molar-refractivity contribution in [1.82, 2.24) is 0 Å². The lowest BCUT2D eigenvalue weighted by atomic mass is 10.2. The summed E-state index contributed by atoms with van der Waals surface area (Å²) in [7, 11) is 0. The van der Waals surface area contributed by atoms with Crippen molar-refractivity contribution in [2.75, 3.05) is 0 Å². The van der Waals surface area contributed by atoms with Gasteiger partial charge in [-0.2, -0.15) is 0 Å². The maximum absolute atomic E-state index is 2.23. The number of hydrogen-bond donors (Lipinski definition) is 0. The molecule has 0 aliphatic carbocycles. The minimum atomic E-state index is 0. The van der Waals surface area contributed by atoms with Crippen LogP contribution in [0.1, 0.15) is 39.5 Å². The first-order valence-corrected chi connectivity index (χ1v) is 2.91. The molecule has 0 aromatic heterocycles. The zero-order valence-electron chi connectivity index (χ0n) is 5.41. The van der Waals surface area contributed by atoms with Gasteiger partial charge in [0.15, 0.2) is 0 Å². The molecule has 1 heteroatoms. The van der Waals surface area contributed by atoms with Gasteiger partial charge in [0.25, 0.3) is 0 Å². The quantitative estimate of drug-likeness (QED) is 0.374. The summed E-state index contributed by atoms with van der Waals surface area (Å²) < 4.78 is 0. The standard InChI is InChI=1S/C6H14.B/c1-3-5-6-4-2;/h3-6H2,1-2H3;. The highest BCUT2D eigenvalue weighted by atomic mass is 13.8. The van der Waals surface area contributed by atoms with Gasteiger partial charge in [0, 0.05) is 8.41 Å². The maximum Gasteiger partial charge on any atom is 0 e. The minimum absolute atomic E-state index is 0. The Morgan fingerprint density at radius 2 is 1.14 bits per heavy atom. The maximum atomic E-state index is 2.23. The molecule has 41 valence electrons. The zero-order valence-corrected chi connectivity index (χ0v) is 5.41. The molecule has 0 aliphatic rings. The Bertz CT molecular complexity index is 16.1. The molecule has 0 saturated carbocycles. The highest BCUT2D eigenvalue weighted by Gasteiger charge is 1.75. The third kappa shape index (κ3) is 10.7. The number of unbranched alkanes of at least 4 members (excludes halogenated alkanes) is 3. The van der Waals surface area contributed by atoms with Crippen LogP contribution in [0.2, 0.25) is 0 Å². The van der Waals surface area contributed by atoms with Crippen LogP contribution >= 0.6 is 0 Å². The largest absolute Gasteiger partial charge is 0.0654 e. The van der Waals surface area contributed by atoms with Crippen molar-refractivity contribution < 1.29 is 0 Å². The van der Waals surface area contributed by atoms with Crippen molar-refractivity contribution in [3.63, 3.8) is 0 Å². The second-order valence-electron chi connectivity index (χ2n) is 1.71. The van der Waals surface area contributed by atoms with Crippen LogP contribution in [-0.4, -0.2) is 8.41 Å². The molecule has 0 spiro atoms. The monoisotopic (exact) mass is 97.1 g/mol. The predicted molar refractivity (Wildman–Crippen MR) is 35.6 cm³/mol. The van der Waals surface area contributed by atoms with Gasteiger partial charge in [-0.15, -0.1) is 0 Å². The van der Waals surface area contributed by atoms with Gasteiger partial charge < -0.3 is 0 Å². The first-order chi connectivity index (χ1) is 2.91. The van der Waals surface area contributed by atoms with Crippen LogP contribution < -0.4 is 0 Å². The van der Waals surface area contributed by atoms with Crippen LogP contribution in [0.25, 0.3) is 0 Å². The highest BCUT2D eigenvalue weighted by Crippen LogP contribution is 1.95. The Hall–Kier alpha value is 0.0649. The van der Waals surface area contributed by atoms with Gasteiger partial charge in [0.05, 0.1) is 0 Å². The van der Waals surface area contributed by atoms with E-state index >= 15 is 0 Å². The van der Waals surface area contributed by atoms with Gasteiger partial charge >= 0.3 is 0 Å². The molecule has 0 aliphatic heterocycles. The summed E-state index contributed by atoms with van der Waals surface area (Å²) in [5, 5.41) is 0. The molecule has 0 N–H and O–H groups in total. The van der Waals surface area contributed by atoms with Crippen molar-refractivity contribution >= 4 is 8.41 Å². The summed E-state index contributed by atoms with van der Waals surface area (Å²) in [6.07, 6.45) is 5.54. The first-order valence-electron chi connectivity index (χ1n) is 2.91. The Balaban J connectivity index is 0. The summed E-state index contributed by atoms with van der Waals surface area (Å²) in [6, 6.07) is 0. The van der Waals surface area contributed by atoms with Gasteiger partial charge in [0.1, 0.15) is 0 Å². The van der Waals surface area contributed by atoms with E-state index in [0.717, 1.165) is 0 Å². The van der Waals surface area contributed by atoms with Crippen LogP contribution in [0.3, 0.4) is 0 Å². The lowest BCUT2D eigenvalue weighted by molar-refractivity contribution is 0.702. The van der Waals surface area contributed by atoms with Gasteiger partial charge in [-0.1, -0.05) is 39.5 Å². The smallest absolute Gasteiger partial charge is 0 e. The Morgan fingerprint density at radius 3 is 1.29 bits per heavy atom. The third-order valence-corrected chi connectivity index (χ3v) is 0.957. The Kier molecular flexibility index (Phi) is 13.6. The molecule has 0 aromatic rings. The van der Waals surface area contributed by atoms with E-state index in [0.29, 0.717) is 0 Å². The normalized spacial score (nSPS) is 7.71. The molecule has 0 nitrogen and oxygen atoms in total. The molecule has 0 bridgehead atoms. The van der Waals surface area contributed by atoms with Crippen molar-refractivity contribution in [3.05, 3.63) is 0 Å². The van der Waals surface area contributed by atoms with E-state index in [-0.39, 0.29) is 8.41 Å². The predicted octanol–water partition coefficient (Wildman–Crippen LogP) is 2.21. The van der Waals surface area contributed by atoms with E-state index in [1.165, 1.54) is 25.7 Å². The second kappa shape index (κ2) is 9.42. The summed E-state index contributed by atoms with van der Waals surface area (Å²) in [5.41, 5.74) is 0. The zero-order chi connectivity index (χ0) is 4.83. The van der Waals surface area contributed by atoms with Gasteiger partial charge in [-0.3, -0.25) is 0 Å².